The number of hydrazone groups is 2. The van der Waals surface area contributed by atoms with Gasteiger partial charge in [-0.3, -0.25) is 4.79 Å². The Bertz CT molecular complexity index is 1150. The fourth-order valence-corrected chi connectivity index (χ4v) is 4.89. The number of nitrogens with one attached hydrogen (secondary N) is 3. The van der Waals surface area contributed by atoms with Crippen LogP contribution in [0, 0.1) is 5.92 Å². The van der Waals surface area contributed by atoms with Gasteiger partial charge in [-0.2, -0.15) is 4.68 Å². The average molecular weight is 466 g/mol. The molecule has 3 aliphatic rings. The average Bonchev–Trinajstić information content (AvgIpc) is 3.33. The van der Waals surface area contributed by atoms with Crippen molar-refractivity contribution in [3.8, 4) is 5.75 Å². The third kappa shape index (κ3) is 4.84. The van der Waals surface area contributed by atoms with Crippen molar-refractivity contribution in [2.75, 3.05) is 38.2 Å². The number of methoxy groups -OCH3 is 1. The summed E-state index contributed by atoms with van der Waals surface area (Å²) in [5.41, 5.74) is 5.81. The standard InChI is InChI=1S/C25H34N7O2/c1-18(32-17-24(28-29-32)20-11-23(34-2)15-26-14-20)31-10-8-22(12-25(31)33)30-9-4-7-21(16-30)27-13-19-5-3-6-19/h8,10-12,14-15,19,21,27,29H,3-7,9,13,16-17H2,1-2H3/q+1/p+1/t21-/m1/s1. The number of hydrogen-bond acceptors (Lipinski definition) is 6. The molecule has 2 aliphatic heterocycles. The number of hydrogen-bond donors (Lipinski definition) is 2. The second-order valence-electron chi connectivity index (χ2n) is 9.54. The molecular weight excluding hydrogens is 430 g/mol. The van der Waals surface area contributed by atoms with Gasteiger partial charge in [0.1, 0.15) is 0 Å². The van der Waals surface area contributed by atoms with Crippen molar-refractivity contribution in [1.82, 2.24) is 15.4 Å². The highest BCUT2D eigenvalue weighted by Gasteiger charge is 2.26. The van der Waals surface area contributed by atoms with Gasteiger partial charge < -0.3 is 15.0 Å². The molecule has 2 fully saturated rings. The molecule has 2 aromatic heterocycles. The Kier molecular flexibility index (Phi) is 6.62. The van der Waals surface area contributed by atoms with E-state index in [0.717, 1.165) is 60.5 Å². The highest BCUT2D eigenvalue weighted by Crippen LogP contribution is 2.26. The Balaban J connectivity index is 1.26. The Morgan fingerprint density at radius 2 is 2.18 bits per heavy atom. The number of pyridine rings is 2. The van der Waals surface area contributed by atoms with E-state index in [1.54, 1.807) is 23.9 Å². The first-order chi connectivity index (χ1) is 16.6. The molecule has 34 heavy (non-hydrogen) atoms. The summed E-state index contributed by atoms with van der Waals surface area (Å²) in [7, 11) is 1.64. The molecule has 1 saturated carbocycles. The van der Waals surface area contributed by atoms with Gasteiger partial charge in [0, 0.05) is 43.9 Å². The molecule has 0 bridgehead atoms. The van der Waals surface area contributed by atoms with Crippen molar-refractivity contribution in [3.05, 3.63) is 52.7 Å². The lowest BCUT2D eigenvalue weighted by Gasteiger charge is -2.36. The van der Waals surface area contributed by atoms with Gasteiger partial charge in [0.15, 0.2) is 24.2 Å². The first-order valence-electron chi connectivity index (χ1n) is 12.3. The van der Waals surface area contributed by atoms with Crippen molar-refractivity contribution in [1.29, 1.82) is 0 Å². The molecule has 9 nitrogen and oxygen atoms in total. The molecular formula is C25H35N7O2+2. The van der Waals surface area contributed by atoms with Crippen LogP contribution >= 0.6 is 0 Å². The number of rotatable bonds is 6. The SMILES string of the molecule is COc1c[nH+]cc(C2=NN/[N+](=C(\C)n3ccc(N4CCC[C@@H](NCC5CCC5)C4)cc3=O)C2)c1. The fraction of sp³-hybridized carbons (Fsp3) is 0.520. The monoisotopic (exact) mass is 465 g/mol. The molecule has 0 aromatic carbocycles. The minimum Gasteiger partial charge on any atom is -0.491 e. The summed E-state index contributed by atoms with van der Waals surface area (Å²) in [4.78, 5) is 18.5. The largest absolute Gasteiger partial charge is 0.491 e. The van der Waals surface area contributed by atoms with Crippen LogP contribution in [-0.2, 0) is 0 Å². The van der Waals surface area contributed by atoms with E-state index in [1.165, 1.54) is 25.7 Å². The third-order valence-corrected chi connectivity index (χ3v) is 7.29. The molecule has 4 heterocycles. The van der Waals surface area contributed by atoms with Gasteiger partial charge >= 0.3 is 5.56 Å². The lowest BCUT2D eigenvalue weighted by Crippen LogP contribution is -2.47. The molecule has 3 N–H and O–H groups in total. The van der Waals surface area contributed by atoms with E-state index >= 15 is 0 Å². The first-order valence-corrected chi connectivity index (χ1v) is 12.3. The first kappa shape index (κ1) is 22.6. The van der Waals surface area contributed by atoms with Crippen molar-refractivity contribution >= 4 is 17.2 Å². The van der Waals surface area contributed by atoms with E-state index in [-0.39, 0.29) is 5.56 Å². The molecule has 0 radical (unpaired) electrons. The molecule has 180 valence electrons. The number of H-pyrrole nitrogens is 1. The van der Waals surface area contributed by atoms with E-state index in [4.69, 9.17) is 4.74 Å². The Hall–Kier alpha value is -3.20. The molecule has 0 unspecified atom stereocenters. The van der Waals surface area contributed by atoms with Crippen molar-refractivity contribution in [3.63, 3.8) is 0 Å². The predicted molar refractivity (Wildman–Crippen MR) is 132 cm³/mol. The number of anilines is 1. The van der Waals surface area contributed by atoms with Crippen molar-refractivity contribution < 1.29 is 14.4 Å². The summed E-state index contributed by atoms with van der Waals surface area (Å²) in [5.74, 6) is 2.38. The summed E-state index contributed by atoms with van der Waals surface area (Å²) >= 11 is 0. The maximum Gasteiger partial charge on any atom is 0.313 e. The Labute approximate surface area is 200 Å². The second kappa shape index (κ2) is 9.97. The number of ether oxygens (including phenoxy) is 1. The van der Waals surface area contributed by atoms with E-state index in [9.17, 15) is 4.79 Å². The highest BCUT2D eigenvalue weighted by molar-refractivity contribution is 6.02. The quantitative estimate of drug-likeness (QED) is 0.495. The molecule has 9 heteroatoms. The van der Waals surface area contributed by atoms with Crippen LogP contribution in [0.25, 0.3) is 0 Å². The van der Waals surface area contributed by atoms with Gasteiger partial charge in [-0.1, -0.05) is 6.42 Å². The summed E-state index contributed by atoms with van der Waals surface area (Å²) in [6, 6.07) is 6.24. The maximum absolute atomic E-state index is 13.0. The van der Waals surface area contributed by atoms with E-state index in [2.05, 4.69) is 25.8 Å². The van der Waals surface area contributed by atoms with Crippen LogP contribution in [0.5, 0.6) is 5.75 Å². The second-order valence-corrected chi connectivity index (χ2v) is 9.54. The van der Waals surface area contributed by atoms with Crippen molar-refractivity contribution in [2.24, 2.45) is 11.0 Å². The van der Waals surface area contributed by atoms with E-state index in [0.29, 0.717) is 12.6 Å². The van der Waals surface area contributed by atoms with Crippen LogP contribution in [0.1, 0.15) is 44.6 Å². The number of aromatic nitrogens is 2. The number of nitrogens with zero attached hydrogens (tertiary/aromatic N) is 4. The van der Waals surface area contributed by atoms with Gasteiger partial charge in [0.2, 0.25) is 12.0 Å². The zero-order valence-electron chi connectivity index (χ0n) is 20.1. The molecule has 1 atom stereocenters. The smallest absolute Gasteiger partial charge is 0.313 e. The summed E-state index contributed by atoms with van der Waals surface area (Å²) in [5, 5.41) is 8.21. The lowest BCUT2D eigenvalue weighted by atomic mass is 9.85. The number of hydrazine groups is 1. The van der Waals surface area contributed by atoms with Gasteiger partial charge in [0.25, 0.3) is 0 Å². The minimum absolute atomic E-state index is 0.0375. The molecule has 1 aliphatic carbocycles. The third-order valence-electron chi connectivity index (χ3n) is 7.29. The topological polar surface area (TPSA) is 88.0 Å². The minimum atomic E-state index is -0.0375. The normalized spacial score (nSPS) is 22.1. The highest BCUT2D eigenvalue weighted by atomic mass is 16.5. The predicted octanol–water partition coefficient (Wildman–Crippen LogP) is 1.23. The van der Waals surface area contributed by atoms with Gasteiger partial charge in [-0.25, -0.2) is 9.55 Å². The van der Waals surface area contributed by atoms with Gasteiger partial charge in [0.05, 0.1) is 18.9 Å². The molecule has 1 saturated heterocycles. The Morgan fingerprint density at radius 3 is 2.94 bits per heavy atom. The molecule has 0 spiro atoms. The van der Waals surface area contributed by atoms with Gasteiger partial charge in [-0.15, -0.1) is 5.53 Å². The van der Waals surface area contributed by atoms with Crippen LogP contribution < -0.4 is 31.0 Å². The zero-order valence-corrected chi connectivity index (χ0v) is 20.1. The molecule has 5 rings (SSSR count). The Morgan fingerprint density at radius 1 is 1.29 bits per heavy atom. The summed E-state index contributed by atoms with van der Waals surface area (Å²) in [6.45, 7) is 5.56. The summed E-state index contributed by atoms with van der Waals surface area (Å²) < 4.78 is 8.84. The summed E-state index contributed by atoms with van der Waals surface area (Å²) in [6.07, 6.45) is 12.0. The maximum atomic E-state index is 13.0. The van der Waals surface area contributed by atoms with E-state index in [1.807, 2.05) is 36.1 Å². The van der Waals surface area contributed by atoms with Crippen LogP contribution in [0.4, 0.5) is 5.69 Å². The zero-order chi connectivity index (χ0) is 23.5. The van der Waals surface area contributed by atoms with Crippen LogP contribution in [0.2, 0.25) is 0 Å². The van der Waals surface area contributed by atoms with Crippen LogP contribution in [-0.4, -0.2) is 60.1 Å². The lowest BCUT2D eigenvalue weighted by molar-refractivity contribution is -0.568. The molecule has 2 aromatic rings. The number of piperidine rings is 1. The van der Waals surface area contributed by atoms with Crippen LogP contribution in [0.3, 0.4) is 0 Å². The number of aromatic amines is 1. The van der Waals surface area contributed by atoms with Gasteiger partial charge in [-0.05, 0) is 49.3 Å². The van der Waals surface area contributed by atoms with Crippen molar-refractivity contribution in [2.45, 2.75) is 45.1 Å². The van der Waals surface area contributed by atoms with Crippen LogP contribution in [0.15, 0.2) is 46.7 Å². The fourth-order valence-electron chi connectivity index (χ4n) is 4.89. The molecule has 0 amide bonds. The van der Waals surface area contributed by atoms with E-state index < -0.39 is 0 Å².